The van der Waals surface area contributed by atoms with E-state index in [4.69, 9.17) is 16.0 Å². The smallest absolute Gasteiger partial charge is 0.169 e. The van der Waals surface area contributed by atoms with Gasteiger partial charge in [0, 0.05) is 11.1 Å². The largest absolute Gasteiger partial charge is 0.453 e. The van der Waals surface area contributed by atoms with E-state index in [-0.39, 0.29) is 12.1 Å². The Morgan fingerprint density at radius 2 is 1.72 bits per heavy atom. The van der Waals surface area contributed by atoms with Crippen LogP contribution in [-0.2, 0) is 0 Å². The summed E-state index contributed by atoms with van der Waals surface area (Å²) in [5, 5.41) is 4.25. The molecule has 4 heteroatoms. The summed E-state index contributed by atoms with van der Waals surface area (Å²) in [5.74, 6) is 0.919. The normalized spacial score (nSPS) is 14.4. The van der Waals surface area contributed by atoms with E-state index in [9.17, 15) is 0 Å². The monoisotopic (exact) mass is 327 g/mol. The number of rotatable bonds is 4. The maximum Gasteiger partial charge on any atom is 0.169 e. The molecule has 0 saturated heterocycles. The molecule has 1 aromatic carbocycles. The molecule has 2 atom stereocenters. The number of hydrogen-bond donors (Lipinski definition) is 1. The number of benzene rings is 1. The van der Waals surface area contributed by atoms with E-state index in [1.54, 1.807) is 0 Å². The highest BCUT2D eigenvalue weighted by molar-refractivity contribution is 9.10. The quantitative estimate of drug-likeness (QED) is 0.844. The third-order valence-electron chi connectivity index (χ3n) is 2.89. The number of furan rings is 1. The Labute approximate surface area is 120 Å². The van der Waals surface area contributed by atoms with Crippen LogP contribution in [-0.4, -0.2) is 0 Å². The van der Waals surface area contributed by atoms with Crippen LogP contribution in [0.4, 0.5) is 0 Å². The van der Waals surface area contributed by atoms with Gasteiger partial charge in [-0.3, -0.25) is 0 Å². The van der Waals surface area contributed by atoms with Crippen LogP contribution in [0.1, 0.15) is 37.3 Å². The molecule has 2 unspecified atom stereocenters. The molecule has 1 heterocycles. The minimum Gasteiger partial charge on any atom is -0.453 e. The molecule has 0 aliphatic rings. The van der Waals surface area contributed by atoms with Crippen molar-refractivity contribution >= 4 is 27.5 Å². The fourth-order valence-electron chi connectivity index (χ4n) is 1.87. The van der Waals surface area contributed by atoms with E-state index >= 15 is 0 Å². The highest BCUT2D eigenvalue weighted by Gasteiger charge is 2.13. The minimum atomic E-state index is 0.155. The predicted molar refractivity (Wildman–Crippen MR) is 77.8 cm³/mol. The van der Waals surface area contributed by atoms with Gasteiger partial charge in [0.05, 0.1) is 6.04 Å². The maximum absolute atomic E-state index is 5.88. The predicted octanol–water partition coefficient (Wildman–Crippen LogP) is 5.11. The number of hydrogen-bond acceptors (Lipinski definition) is 2. The minimum absolute atomic E-state index is 0.155. The van der Waals surface area contributed by atoms with E-state index < -0.39 is 0 Å². The molecule has 0 spiro atoms. The number of halogens is 2. The summed E-state index contributed by atoms with van der Waals surface area (Å²) in [5.41, 5.74) is 1.21. The summed E-state index contributed by atoms with van der Waals surface area (Å²) in [4.78, 5) is 0. The summed E-state index contributed by atoms with van der Waals surface area (Å²) in [7, 11) is 0. The Morgan fingerprint density at radius 1 is 1.06 bits per heavy atom. The number of nitrogens with one attached hydrogen (secondary N) is 1. The van der Waals surface area contributed by atoms with Crippen LogP contribution in [0.3, 0.4) is 0 Å². The molecule has 2 aromatic rings. The Balaban J connectivity index is 2.02. The summed E-state index contributed by atoms with van der Waals surface area (Å²) < 4.78 is 6.29. The average Bonchev–Trinajstić information content (AvgIpc) is 2.76. The lowest BCUT2D eigenvalue weighted by Crippen LogP contribution is -2.22. The van der Waals surface area contributed by atoms with Crippen LogP contribution in [0.25, 0.3) is 0 Å². The third-order valence-corrected chi connectivity index (χ3v) is 3.57. The summed E-state index contributed by atoms with van der Waals surface area (Å²) >= 11 is 9.19. The molecule has 0 fully saturated rings. The fourth-order valence-corrected chi connectivity index (χ4v) is 2.31. The second kappa shape index (κ2) is 5.91. The molecule has 1 aromatic heterocycles. The van der Waals surface area contributed by atoms with Gasteiger partial charge in [-0.25, -0.2) is 0 Å². The van der Waals surface area contributed by atoms with Crippen molar-refractivity contribution in [2.24, 2.45) is 0 Å². The van der Waals surface area contributed by atoms with Gasteiger partial charge in [-0.1, -0.05) is 23.7 Å². The molecule has 1 N–H and O–H groups in total. The van der Waals surface area contributed by atoms with Gasteiger partial charge in [-0.15, -0.1) is 0 Å². The molecule has 0 aliphatic heterocycles. The second-order valence-corrected chi connectivity index (χ2v) is 5.52. The lowest BCUT2D eigenvalue weighted by atomic mass is 10.1. The molecule has 18 heavy (non-hydrogen) atoms. The van der Waals surface area contributed by atoms with Crippen molar-refractivity contribution < 1.29 is 4.42 Å². The van der Waals surface area contributed by atoms with E-state index in [0.717, 1.165) is 15.5 Å². The van der Waals surface area contributed by atoms with Gasteiger partial charge in [0.2, 0.25) is 0 Å². The molecule has 96 valence electrons. The lowest BCUT2D eigenvalue weighted by Gasteiger charge is -2.19. The summed E-state index contributed by atoms with van der Waals surface area (Å²) in [6.07, 6.45) is 0. The lowest BCUT2D eigenvalue weighted by molar-refractivity contribution is 0.394. The van der Waals surface area contributed by atoms with Crippen LogP contribution in [0, 0.1) is 0 Å². The zero-order valence-electron chi connectivity index (χ0n) is 10.3. The van der Waals surface area contributed by atoms with Gasteiger partial charge in [0.25, 0.3) is 0 Å². The zero-order valence-corrected chi connectivity index (χ0v) is 12.6. The zero-order chi connectivity index (χ0) is 13.1. The van der Waals surface area contributed by atoms with Crippen molar-refractivity contribution in [2.45, 2.75) is 25.9 Å². The molecule has 0 aliphatic carbocycles. The molecule has 0 saturated carbocycles. The SMILES string of the molecule is CC(NC(C)c1ccc(Br)o1)c1ccc(Cl)cc1. The first-order valence-electron chi connectivity index (χ1n) is 5.83. The van der Waals surface area contributed by atoms with Gasteiger partial charge >= 0.3 is 0 Å². The third kappa shape index (κ3) is 3.37. The molecule has 0 bridgehead atoms. The molecule has 0 amide bonds. The van der Waals surface area contributed by atoms with E-state index in [0.29, 0.717) is 0 Å². The molecular weight excluding hydrogens is 314 g/mol. The van der Waals surface area contributed by atoms with Crippen LogP contribution < -0.4 is 5.32 Å². The fraction of sp³-hybridized carbons (Fsp3) is 0.286. The van der Waals surface area contributed by atoms with E-state index in [2.05, 4.69) is 35.1 Å². The molecule has 2 rings (SSSR count). The van der Waals surface area contributed by atoms with Crippen LogP contribution in [0.5, 0.6) is 0 Å². The highest BCUT2D eigenvalue weighted by atomic mass is 79.9. The van der Waals surface area contributed by atoms with E-state index in [1.165, 1.54) is 5.56 Å². The topological polar surface area (TPSA) is 25.2 Å². The maximum atomic E-state index is 5.88. The molecule has 2 nitrogen and oxygen atoms in total. The molecular formula is C14H15BrClNO. The van der Waals surface area contributed by atoms with Crippen molar-refractivity contribution in [1.82, 2.24) is 5.32 Å². The van der Waals surface area contributed by atoms with Gasteiger partial charge < -0.3 is 9.73 Å². The second-order valence-electron chi connectivity index (χ2n) is 4.30. The summed E-state index contributed by atoms with van der Waals surface area (Å²) in [6.45, 7) is 4.20. The van der Waals surface area contributed by atoms with Crippen molar-refractivity contribution in [2.75, 3.05) is 0 Å². The van der Waals surface area contributed by atoms with Gasteiger partial charge in [0.15, 0.2) is 4.67 Å². The Morgan fingerprint density at radius 3 is 2.28 bits per heavy atom. The van der Waals surface area contributed by atoms with Crippen LogP contribution in [0.15, 0.2) is 45.5 Å². The average molecular weight is 329 g/mol. The van der Waals surface area contributed by atoms with Gasteiger partial charge in [0.1, 0.15) is 5.76 Å². The Bertz CT molecular complexity index is 509. The Hall–Kier alpha value is -0.770. The first-order valence-corrected chi connectivity index (χ1v) is 7.00. The van der Waals surface area contributed by atoms with Gasteiger partial charge in [-0.05, 0) is 59.6 Å². The first kappa shape index (κ1) is 13.7. The van der Waals surface area contributed by atoms with Crippen molar-refractivity contribution in [3.63, 3.8) is 0 Å². The molecule has 0 radical (unpaired) electrons. The van der Waals surface area contributed by atoms with Crippen molar-refractivity contribution in [3.05, 3.63) is 57.4 Å². The first-order chi connectivity index (χ1) is 8.56. The summed E-state index contributed by atoms with van der Waals surface area (Å²) in [6, 6.07) is 12.1. The van der Waals surface area contributed by atoms with Crippen molar-refractivity contribution in [1.29, 1.82) is 0 Å². The Kier molecular flexibility index (Phi) is 4.49. The van der Waals surface area contributed by atoms with Gasteiger partial charge in [-0.2, -0.15) is 0 Å². The standard InChI is InChI=1S/C14H15BrClNO/c1-9(11-3-5-12(16)6-4-11)17-10(2)13-7-8-14(15)18-13/h3-10,17H,1-2H3. The van der Waals surface area contributed by atoms with Crippen LogP contribution >= 0.6 is 27.5 Å². The highest BCUT2D eigenvalue weighted by Crippen LogP contribution is 2.23. The van der Waals surface area contributed by atoms with Crippen LogP contribution in [0.2, 0.25) is 5.02 Å². The van der Waals surface area contributed by atoms with Crippen molar-refractivity contribution in [3.8, 4) is 0 Å². The van der Waals surface area contributed by atoms with E-state index in [1.807, 2.05) is 36.4 Å².